The van der Waals surface area contributed by atoms with Gasteiger partial charge in [0.25, 0.3) is 5.91 Å². The van der Waals surface area contributed by atoms with Crippen molar-refractivity contribution in [2.24, 2.45) is 0 Å². The Kier molecular flexibility index (Phi) is 5.23. The van der Waals surface area contributed by atoms with Crippen LogP contribution in [0.3, 0.4) is 0 Å². The maximum atomic E-state index is 13.5. The average molecular weight is 412 g/mol. The molecule has 2 atom stereocenters. The van der Waals surface area contributed by atoms with Gasteiger partial charge in [-0.25, -0.2) is 4.98 Å². The number of aromatic nitrogens is 4. The van der Waals surface area contributed by atoms with Gasteiger partial charge in [0.1, 0.15) is 5.60 Å². The fraction of sp³-hybridized carbons (Fsp3) is 0.429. The summed E-state index contributed by atoms with van der Waals surface area (Å²) in [5, 5.41) is 21.5. The van der Waals surface area contributed by atoms with Crippen LogP contribution in [0, 0.1) is 0 Å². The number of piperidine rings is 1. The third kappa shape index (κ3) is 3.95. The van der Waals surface area contributed by atoms with Gasteiger partial charge in [-0.2, -0.15) is 15.0 Å². The van der Waals surface area contributed by atoms with Crippen LogP contribution in [-0.4, -0.2) is 48.5 Å². The number of hydrogen-bond donors (Lipinski definition) is 1. The lowest BCUT2D eigenvalue weighted by Gasteiger charge is -2.37. The molecular formula is C21H25N5O2S. The summed E-state index contributed by atoms with van der Waals surface area (Å²) in [4.78, 5) is 21.5. The molecule has 8 heteroatoms. The van der Waals surface area contributed by atoms with Gasteiger partial charge >= 0.3 is 0 Å². The van der Waals surface area contributed by atoms with Crippen LogP contribution in [0.2, 0.25) is 0 Å². The summed E-state index contributed by atoms with van der Waals surface area (Å²) in [6.07, 6.45) is 5.09. The molecule has 0 spiro atoms. The molecule has 0 bridgehead atoms. The van der Waals surface area contributed by atoms with Crippen LogP contribution in [0.15, 0.2) is 42.0 Å². The van der Waals surface area contributed by atoms with Gasteiger partial charge in [0.2, 0.25) is 0 Å². The number of thiazole rings is 1. The predicted molar refractivity (Wildman–Crippen MR) is 111 cm³/mol. The summed E-state index contributed by atoms with van der Waals surface area (Å²) in [6, 6.07) is 7.57. The number of rotatable bonds is 4. The quantitative estimate of drug-likeness (QED) is 0.712. The standard InChI is InChI=1S/C21H25N5O2S/c1-14-8-9-15(19-24-18(13-29-19)21(2,3)28)12-25(14)20(27)16-6-4-5-7-17(16)26-22-10-11-23-26/h4-7,10-11,13-15,28H,8-9,12H2,1-3H3/t14-,15-/m1/s1. The van der Waals surface area contributed by atoms with E-state index >= 15 is 0 Å². The summed E-state index contributed by atoms with van der Waals surface area (Å²) in [7, 11) is 0. The molecule has 1 amide bonds. The summed E-state index contributed by atoms with van der Waals surface area (Å²) in [6.45, 7) is 6.18. The molecule has 3 heterocycles. The van der Waals surface area contributed by atoms with Crippen molar-refractivity contribution in [3.63, 3.8) is 0 Å². The second kappa shape index (κ2) is 7.68. The van der Waals surface area contributed by atoms with Gasteiger partial charge in [-0.05, 0) is 45.7 Å². The van der Waals surface area contributed by atoms with Crippen molar-refractivity contribution in [2.45, 2.75) is 51.2 Å². The molecule has 1 aliphatic heterocycles. The molecule has 1 fully saturated rings. The van der Waals surface area contributed by atoms with Gasteiger partial charge in [0.15, 0.2) is 0 Å². The van der Waals surface area contributed by atoms with Crippen molar-refractivity contribution in [1.82, 2.24) is 24.9 Å². The minimum absolute atomic E-state index is 0.0191. The number of likely N-dealkylation sites (tertiary alicyclic amines) is 1. The number of para-hydroxylation sites is 1. The van der Waals surface area contributed by atoms with E-state index in [1.54, 1.807) is 37.6 Å². The second-order valence-corrected chi connectivity index (χ2v) is 8.94. The van der Waals surface area contributed by atoms with Crippen molar-refractivity contribution in [3.05, 3.63) is 58.3 Å². The Bertz CT molecular complexity index is 993. The van der Waals surface area contributed by atoms with E-state index in [1.165, 1.54) is 4.80 Å². The van der Waals surface area contributed by atoms with E-state index in [9.17, 15) is 9.90 Å². The summed E-state index contributed by atoms with van der Waals surface area (Å²) in [5.74, 6) is 0.153. The van der Waals surface area contributed by atoms with Crippen molar-refractivity contribution < 1.29 is 9.90 Å². The van der Waals surface area contributed by atoms with Gasteiger partial charge in [0, 0.05) is 23.9 Å². The molecule has 1 aliphatic rings. The van der Waals surface area contributed by atoms with Gasteiger partial charge in [-0.1, -0.05) is 12.1 Å². The van der Waals surface area contributed by atoms with Crippen molar-refractivity contribution >= 4 is 17.2 Å². The molecule has 3 aromatic rings. The molecule has 1 saturated heterocycles. The number of hydrogen-bond acceptors (Lipinski definition) is 6. The van der Waals surface area contributed by atoms with E-state index in [0.29, 0.717) is 23.5 Å². The molecule has 1 aromatic carbocycles. The van der Waals surface area contributed by atoms with E-state index in [2.05, 4.69) is 22.1 Å². The smallest absolute Gasteiger partial charge is 0.256 e. The normalized spacial score (nSPS) is 20.1. The number of amides is 1. The van der Waals surface area contributed by atoms with E-state index in [4.69, 9.17) is 0 Å². The largest absolute Gasteiger partial charge is 0.384 e. The Balaban J connectivity index is 1.60. The number of carbonyl (C=O) groups is 1. The zero-order chi connectivity index (χ0) is 20.6. The molecule has 0 aliphatic carbocycles. The Labute approximate surface area is 174 Å². The fourth-order valence-electron chi connectivity index (χ4n) is 3.67. The maximum Gasteiger partial charge on any atom is 0.256 e. The predicted octanol–water partition coefficient (Wildman–Crippen LogP) is 3.36. The topological polar surface area (TPSA) is 84.1 Å². The Morgan fingerprint density at radius 2 is 1.93 bits per heavy atom. The molecule has 0 radical (unpaired) electrons. The first kappa shape index (κ1) is 19.7. The third-order valence-electron chi connectivity index (χ3n) is 5.41. The summed E-state index contributed by atoms with van der Waals surface area (Å²) < 4.78 is 0. The molecule has 2 aromatic heterocycles. The number of benzene rings is 1. The van der Waals surface area contributed by atoms with Crippen molar-refractivity contribution in [3.8, 4) is 5.69 Å². The van der Waals surface area contributed by atoms with Crippen LogP contribution in [0.25, 0.3) is 5.69 Å². The maximum absolute atomic E-state index is 13.5. The number of nitrogens with zero attached hydrogens (tertiary/aromatic N) is 5. The molecule has 29 heavy (non-hydrogen) atoms. The van der Waals surface area contributed by atoms with Crippen LogP contribution in [0.4, 0.5) is 0 Å². The number of aliphatic hydroxyl groups is 1. The van der Waals surface area contributed by atoms with Crippen LogP contribution < -0.4 is 0 Å². The second-order valence-electron chi connectivity index (χ2n) is 8.05. The minimum Gasteiger partial charge on any atom is -0.384 e. The first-order chi connectivity index (χ1) is 13.8. The van der Waals surface area contributed by atoms with Crippen molar-refractivity contribution in [2.75, 3.05) is 6.54 Å². The highest BCUT2D eigenvalue weighted by Gasteiger charge is 2.33. The van der Waals surface area contributed by atoms with E-state index in [-0.39, 0.29) is 17.9 Å². The average Bonchev–Trinajstić information content (AvgIpc) is 3.40. The summed E-state index contributed by atoms with van der Waals surface area (Å²) >= 11 is 1.56. The third-order valence-corrected chi connectivity index (χ3v) is 6.42. The fourth-order valence-corrected chi connectivity index (χ4v) is 4.78. The van der Waals surface area contributed by atoms with Crippen LogP contribution in [-0.2, 0) is 5.60 Å². The molecule has 152 valence electrons. The lowest BCUT2D eigenvalue weighted by molar-refractivity contribution is 0.0604. The van der Waals surface area contributed by atoms with E-state index in [1.807, 2.05) is 34.5 Å². The zero-order valence-corrected chi connectivity index (χ0v) is 17.6. The highest BCUT2D eigenvalue weighted by Crippen LogP contribution is 2.34. The van der Waals surface area contributed by atoms with Gasteiger partial charge in [0.05, 0.1) is 34.3 Å². The first-order valence-corrected chi connectivity index (χ1v) is 10.7. The molecule has 1 N–H and O–H groups in total. The Morgan fingerprint density at radius 1 is 1.21 bits per heavy atom. The Hall–Kier alpha value is -2.58. The molecule has 7 nitrogen and oxygen atoms in total. The summed E-state index contributed by atoms with van der Waals surface area (Å²) in [5.41, 5.74) is 0.995. The lowest BCUT2D eigenvalue weighted by Crippen LogP contribution is -2.45. The highest BCUT2D eigenvalue weighted by atomic mass is 32.1. The van der Waals surface area contributed by atoms with E-state index < -0.39 is 5.60 Å². The molecule has 4 rings (SSSR count). The SMILES string of the molecule is C[C@@H]1CC[C@@H](c2nc(C(C)(C)O)cs2)CN1C(=O)c1ccccc1-n1nccn1. The van der Waals surface area contributed by atoms with Crippen LogP contribution in [0.1, 0.15) is 60.6 Å². The van der Waals surface area contributed by atoms with Gasteiger partial charge in [-0.15, -0.1) is 11.3 Å². The highest BCUT2D eigenvalue weighted by molar-refractivity contribution is 7.09. The zero-order valence-electron chi connectivity index (χ0n) is 16.8. The monoisotopic (exact) mass is 411 g/mol. The van der Waals surface area contributed by atoms with E-state index in [0.717, 1.165) is 17.8 Å². The first-order valence-electron chi connectivity index (χ1n) is 9.79. The minimum atomic E-state index is -0.956. The lowest BCUT2D eigenvalue weighted by atomic mass is 9.93. The van der Waals surface area contributed by atoms with Crippen LogP contribution in [0.5, 0.6) is 0 Å². The van der Waals surface area contributed by atoms with Crippen molar-refractivity contribution in [1.29, 1.82) is 0 Å². The van der Waals surface area contributed by atoms with Crippen LogP contribution >= 0.6 is 11.3 Å². The molecule has 0 saturated carbocycles. The Morgan fingerprint density at radius 3 is 2.62 bits per heavy atom. The van der Waals surface area contributed by atoms with Gasteiger partial charge in [-0.3, -0.25) is 4.79 Å². The number of carbonyl (C=O) groups excluding carboxylic acids is 1. The molecular weight excluding hydrogens is 386 g/mol. The molecule has 0 unspecified atom stereocenters. The van der Waals surface area contributed by atoms with Gasteiger partial charge < -0.3 is 10.0 Å².